The summed E-state index contributed by atoms with van der Waals surface area (Å²) >= 11 is 0. The molecular weight excluding hydrogens is 170 g/mol. The molecule has 0 bridgehead atoms. The standard InChI is InChI=1S/C7H5N5O/c13-7-11-10-5-3-9-6-4(12(5)7)1-2-8-6/h1-3,8H,(H,11,13). The molecule has 0 fully saturated rings. The van der Waals surface area contributed by atoms with Gasteiger partial charge in [0, 0.05) is 6.20 Å². The van der Waals surface area contributed by atoms with Gasteiger partial charge < -0.3 is 4.98 Å². The van der Waals surface area contributed by atoms with E-state index in [0.717, 1.165) is 5.52 Å². The van der Waals surface area contributed by atoms with E-state index in [1.807, 2.05) is 0 Å². The molecule has 0 aliphatic heterocycles. The van der Waals surface area contributed by atoms with Crippen molar-refractivity contribution in [2.24, 2.45) is 0 Å². The molecule has 0 spiro atoms. The Morgan fingerprint density at radius 3 is 3.31 bits per heavy atom. The van der Waals surface area contributed by atoms with Gasteiger partial charge in [-0.2, -0.15) is 5.10 Å². The lowest BCUT2D eigenvalue weighted by Crippen LogP contribution is -2.09. The molecule has 0 saturated heterocycles. The van der Waals surface area contributed by atoms with Crippen molar-refractivity contribution in [3.05, 3.63) is 28.9 Å². The van der Waals surface area contributed by atoms with Gasteiger partial charge in [0.1, 0.15) is 0 Å². The zero-order valence-electron chi connectivity index (χ0n) is 6.48. The van der Waals surface area contributed by atoms with Crippen LogP contribution in [0.4, 0.5) is 0 Å². The number of fused-ring (bicyclic) bond motifs is 3. The minimum Gasteiger partial charge on any atom is -0.345 e. The lowest BCUT2D eigenvalue weighted by atomic mass is 10.5. The first-order valence-corrected chi connectivity index (χ1v) is 3.75. The summed E-state index contributed by atoms with van der Waals surface area (Å²) < 4.78 is 1.47. The fraction of sp³-hybridized carbons (Fsp3) is 0. The molecule has 0 aromatic carbocycles. The summed E-state index contributed by atoms with van der Waals surface area (Å²) in [7, 11) is 0. The molecule has 0 atom stereocenters. The maximum atomic E-state index is 11.3. The van der Waals surface area contributed by atoms with Gasteiger partial charge in [0.05, 0.1) is 11.7 Å². The summed E-state index contributed by atoms with van der Waals surface area (Å²) in [5.41, 5.74) is 1.69. The van der Waals surface area contributed by atoms with Crippen molar-refractivity contribution in [2.75, 3.05) is 0 Å². The Kier molecular flexibility index (Phi) is 0.974. The number of aromatic amines is 2. The average molecular weight is 175 g/mol. The first kappa shape index (κ1) is 6.41. The zero-order valence-corrected chi connectivity index (χ0v) is 6.48. The van der Waals surface area contributed by atoms with Crippen molar-refractivity contribution in [2.45, 2.75) is 0 Å². The lowest BCUT2D eigenvalue weighted by molar-refractivity contribution is 1.04. The molecule has 0 aliphatic rings. The first-order valence-electron chi connectivity index (χ1n) is 3.75. The Bertz CT molecular complexity index is 631. The van der Waals surface area contributed by atoms with Crippen molar-refractivity contribution in [1.29, 1.82) is 0 Å². The minimum atomic E-state index is -0.248. The molecule has 0 aliphatic carbocycles. The Morgan fingerprint density at radius 1 is 1.46 bits per heavy atom. The van der Waals surface area contributed by atoms with Crippen LogP contribution in [0.1, 0.15) is 0 Å². The normalized spacial score (nSPS) is 11.4. The predicted molar refractivity (Wildman–Crippen MR) is 45.5 cm³/mol. The molecule has 2 N–H and O–H groups in total. The van der Waals surface area contributed by atoms with Gasteiger partial charge in [0.15, 0.2) is 11.3 Å². The molecule has 3 aromatic rings. The van der Waals surface area contributed by atoms with E-state index < -0.39 is 0 Å². The SMILES string of the molecule is O=c1[nH]nc2cnc3[nH]ccc3n12. The largest absolute Gasteiger partial charge is 0.348 e. The second-order valence-corrected chi connectivity index (χ2v) is 2.69. The van der Waals surface area contributed by atoms with E-state index in [2.05, 4.69) is 20.2 Å². The molecule has 6 nitrogen and oxygen atoms in total. The van der Waals surface area contributed by atoms with Crippen LogP contribution >= 0.6 is 0 Å². The number of rotatable bonds is 0. The van der Waals surface area contributed by atoms with Gasteiger partial charge >= 0.3 is 5.69 Å². The van der Waals surface area contributed by atoms with Crippen molar-refractivity contribution >= 4 is 16.8 Å². The quantitative estimate of drug-likeness (QED) is 0.500. The summed E-state index contributed by atoms with van der Waals surface area (Å²) in [6.45, 7) is 0. The van der Waals surface area contributed by atoms with Crippen LogP contribution in [0.3, 0.4) is 0 Å². The lowest BCUT2D eigenvalue weighted by Gasteiger charge is -1.91. The van der Waals surface area contributed by atoms with Crippen LogP contribution in [0.2, 0.25) is 0 Å². The Balaban J connectivity index is 2.78. The van der Waals surface area contributed by atoms with Gasteiger partial charge in [-0.15, -0.1) is 0 Å². The predicted octanol–water partition coefficient (Wildman–Crippen LogP) is -0.101. The van der Waals surface area contributed by atoms with Crippen molar-refractivity contribution < 1.29 is 0 Å². The number of hydrogen-bond acceptors (Lipinski definition) is 3. The number of H-pyrrole nitrogens is 2. The smallest absolute Gasteiger partial charge is 0.345 e. The fourth-order valence-electron chi connectivity index (χ4n) is 1.39. The maximum absolute atomic E-state index is 11.3. The van der Waals surface area contributed by atoms with Gasteiger partial charge in [0.25, 0.3) is 0 Å². The van der Waals surface area contributed by atoms with Gasteiger partial charge in [-0.05, 0) is 6.07 Å². The Morgan fingerprint density at radius 2 is 2.38 bits per heavy atom. The molecule has 0 radical (unpaired) electrons. The van der Waals surface area contributed by atoms with Crippen LogP contribution in [0.25, 0.3) is 16.8 Å². The third-order valence-corrected chi connectivity index (χ3v) is 1.95. The van der Waals surface area contributed by atoms with Gasteiger partial charge in [-0.25, -0.2) is 19.3 Å². The zero-order chi connectivity index (χ0) is 8.84. The molecule has 0 saturated carbocycles. The highest BCUT2D eigenvalue weighted by Gasteiger charge is 2.05. The van der Waals surface area contributed by atoms with Crippen LogP contribution in [-0.2, 0) is 0 Å². The third kappa shape index (κ3) is 0.689. The van der Waals surface area contributed by atoms with Crippen molar-refractivity contribution in [3.63, 3.8) is 0 Å². The van der Waals surface area contributed by atoms with Gasteiger partial charge in [-0.1, -0.05) is 0 Å². The van der Waals surface area contributed by atoms with E-state index in [4.69, 9.17) is 0 Å². The van der Waals surface area contributed by atoms with Crippen LogP contribution in [0.5, 0.6) is 0 Å². The molecule has 6 heteroatoms. The molecule has 3 rings (SSSR count). The van der Waals surface area contributed by atoms with Crippen LogP contribution < -0.4 is 5.69 Å². The van der Waals surface area contributed by atoms with E-state index >= 15 is 0 Å². The number of aromatic nitrogens is 5. The van der Waals surface area contributed by atoms with E-state index in [0.29, 0.717) is 11.3 Å². The number of nitrogens with zero attached hydrogens (tertiary/aromatic N) is 3. The fourth-order valence-corrected chi connectivity index (χ4v) is 1.39. The summed E-state index contributed by atoms with van der Waals surface area (Å²) in [5, 5.41) is 6.16. The van der Waals surface area contributed by atoms with E-state index in [1.165, 1.54) is 10.6 Å². The molecule has 3 aromatic heterocycles. The van der Waals surface area contributed by atoms with E-state index in [9.17, 15) is 4.79 Å². The molecule has 13 heavy (non-hydrogen) atoms. The highest BCUT2D eigenvalue weighted by Crippen LogP contribution is 2.07. The van der Waals surface area contributed by atoms with Crippen LogP contribution in [0, 0.1) is 0 Å². The van der Waals surface area contributed by atoms with Gasteiger partial charge in [-0.3, -0.25) is 0 Å². The van der Waals surface area contributed by atoms with Crippen LogP contribution in [-0.4, -0.2) is 24.6 Å². The summed E-state index contributed by atoms with van der Waals surface area (Å²) in [5.74, 6) is 0. The van der Waals surface area contributed by atoms with E-state index in [1.54, 1.807) is 12.3 Å². The molecule has 0 amide bonds. The first-order chi connectivity index (χ1) is 6.36. The second kappa shape index (κ2) is 1.98. The van der Waals surface area contributed by atoms with E-state index in [-0.39, 0.29) is 5.69 Å². The highest BCUT2D eigenvalue weighted by atomic mass is 16.1. The highest BCUT2D eigenvalue weighted by molar-refractivity contribution is 5.73. The van der Waals surface area contributed by atoms with Crippen molar-refractivity contribution in [3.8, 4) is 0 Å². The van der Waals surface area contributed by atoms with Crippen molar-refractivity contribution in [1.82, 2.24) is 24.6 Å². The minimum absolute atomic E-state index is 0.248. The molecule has 0 unspecified atom stereocenters. The summed E-state index contributed by atoms with van der Waals surface area (Å²) in [6.07, 6.45) is 3.27. The Hall–Kier alpha value is -2.11. The monoisotopic (exact) mass is 175 g/mol. The second-order valence-electron chi connectivity index (χ2n) is 2.69. The number of nitrogens with one attached hydrogen (secondary N) is 2. The average Bonchev–Trinajstić information content (AvgIpc) is 2.70. The Labute approximate surface area is 71.2 Å². The maximum Gasteiger partial charge on any atom is 0.348 e. The molecule has 64 valence electrons. The summed E-state index contributed by atoms with van der Waals surface area (Å²) in [4.78, 5) is 18.3. The molecule has 3 heterocycles. The van der Waals surface area contributed by atoms with Gasteiger partial charge in [0.2, 0.25) is 0 Å². The van der Waals surface area contributed by atoms with Crippen LogP contribution in [0.15, 0.2) is 23.3 Å². The third-order valence-electron chi connectivity index (χ3n) is 1.95. The number of hydrogen-bond donors (Lipinski definition) is 2. The summed E-state index contributed by atoms with van der Waals surface area (Å²) in [6, 6.07) is 1.78. The molecular formula is C7H5N5O. The topological polar surface area (TPSA) is 78.8 Å².